The quantitative estimate of drug-likeness (QED) is 0.538. The van der Waals surface area contributed by atoms with Gasteiger partial charge in [0.15, 0.2) is 0 Å². The number of rotatable bonds is 3. The molecule has 0 aliphatic heterocycles. The maximum atomic E-state index is 13.0. The monoisotopic (exact) mass is 220 g/mol. The SMILES string of the molecule is CCOC(=O)C1CC(F)(F)CCC1C=O. The third-order valence-corrected chi connectivity index (χ3v) is 2.64. The summed E-state index contributed by atoms with van der Waals surface area (Å²) in [5.74, 6) is -5.14. The Morgan fingerprint density at radius 2 is 2.27 bits per heavy atom. The van der Waals surface area contributed by atoms with Gasteiger partial charge in [-0.1, -0.05) is 0 Å². The number of esters is 1. The lowest BCUT2D eigenvalue weighted by atomic mass is 9.78. The minimum atomic E-state index is -2.85. The van der Waals surface area contributed by atoms with Crippen LogP contribution in [0.4, 0.5) is 8.78 Å². The third-order valence-electron chi connectivity index (χ3n) is 2.64. The van der Waals surface area contributed by atoms with Crippen molar-refractivity contribution in [2.24, 2.45) is 11.8 Å². The van der Waals surface area contributed by atoms with E-state index < -0.39 is 30.1 Å². The first-order valence-electron chi connectivity index (χ1n) is 5.00. The minimum absolute atomic E-state index is 0.0555. The molecule has 0 N–H and O–H groups in total. The molecular formula is C10H14F2O3. The lowest BCUT2D eigenvalue weighted by Gasteiger charge is -2.31. The van der Waals surface area contributed by atoms with Crippen LogP contribution in [-0.2, 0) is 14.3 Å². The molecule has 0 aromatic carbocycles. The van der Waals surface area contributed by atoms with Crippen LogP contribution >= 0.6 is 0 Å². The molecule has 0 aromatic rings. The summed E-state index contributed by atoms with van der Waals surface area (Å²) in [6.07, 6.45) is -0.266. The number of ether oxygens (including phenoxy) is 1. The minimum Gasteiger partial charge on any atom is -0.466 e. The molecule has 1 aliphatic carbocycles. The highest BCUT2D eigenvalue weighted by Gasteiger charge is 2.45. The topological polar surface area (TPSA) is 43.4 Å². The summed E-state index contributed by atoms with van der Waals surface area (Å²) in [6, 6.07) is 0. The second-order valence-electron chi connectivity index (χ2n) is 3.76. The van der Waals surface area contributed by atoms with E-state index in [1.165, 1.54) is 0 Å². The van der Waals surface area contributed by atoms with Gasteiger partial charge < -0.3 is 9.53 Å². The van der Waals surface area contributed by atoms with Crippen LogP contribution in [0, 0.1) is 11.8 Å². The zero-order valence-electron chi connectivity index (χ0n) is 8.54. The van der Waals surface area contributed by atoms with Crippen molar-refractivity contribution < 1.29 is 23.1 Å². The summed E-state index contributed by atoms with van der Waals surface area (Å²) in [5.41, 5.74) is 0. The van der Waals surface area contributed by atoms with Gasteiger partial charge in [0.05, 0.1) is 12.5 Å². The molecule has 2 unspecified atom stereocenters. The molecule has 1 saturated carbocycles. The van der Waals surface area contributed by atoms with E-state index in [1.54, 1.807) is 6.92 Å². The molecule has 0 amide bonds. The zero-order chi connectivity index (χ0) is 11.5. The predicted octanol–water partition coefficient (Wildman–Crippen LogP) is 1.80. The number of hydrogen-bond donors (Lipinski definition) is 0. The van der Waals surface area contributed by atoms with E-state index in [0.29, 0.717) is 6.29 Å². The van der Waals surface area contributed by atoms with E-state index in [4.69, 9.17) is 0 Å². The Morgan fingerprint density at radius 3 is 2.80 bits per heavy atom. The molecule has 2 atom stereocenters. The van der Waals surface area contributed by atoms with Gasteiger partial charge in [-0.3, -0.25) is 4.79 Å². The normalized spacial score (nSPS) is 29.5. The fourth-order valence-corrected chi connectivity index (χ4v) is 1.82. The molecule has 0 bridgehead atoms. The Hall–Kier alpha value is -1.00. The molecule has 0 aromatic heterocycles. The summed E-state index contributed by atoms with van der Waals surface area (Å²) in [6.45, 7) is 1.75. The van der Waals surface area contributed by atoms with Crippen LogP contribution in [0.2, 0.25) is 0 Å². The predicted molar refractivity (Wildman–Crippen MR) is 48.5 cm³/mol. The first-order valence-corrected chi connectivity index (χ1v) is 5.00. The Kier molecular flexibility index (Phi) is 3.77. The molecule has 5 heteroatoms. The van der Waals surface area contributed by atoms with Crippen LogP contribution in [0.5, 0.6) is 0 Å². The van der Waals surface area contributed by atoms with Crippen molar-refractivity contribution in [2.75, 3.05) is 6.61 Å². The first kappa shape index (κ1) is 12.1. The molecule has 15 heavy (non-hydrogen) atoms. The molecule has 86 valence electrons. The lowest BCUT2D eigenvalue weighted by Crippen LogP contribution is -2.38. The molecule has 1 rings (SSSR count). The second kappa shape index (κ2) is 4.68. The third kappa shape index (κ3) is 2.97. The average Bonchev–Trinajstić information content (AvgIpc) is 2.17. The maximum absolute atomic E-state index is 13.0. The van der Waals surface area contributed by atoms with Gasteiger partial charge in [0.2, 0.25) is 5.92 Å². The van der Waals surface area contributed by atoms with E-state index >= 15 is 0 Å². The van der Waals surface area contributed by atoms with Crippen molar-refractivity contribution in [1.29, 1.82) is 0 Å². The number of carbonyl (C=O) groups is 2. The van der Waals surface area contributed by atoms with Crippen molar-refractivity contribution in [2.45, 2.75) is 32.1 Å². The Morgan fingerprint density at radius 1 is 1.60 bits per heavy atom. The standard InChI is InChI=1S/C10H14F2O3/c1-2-15-9(14)8-5-10(11,12)4-3-7(8)6-13/h6-8H,2-5H2,1H3. The number of hydrogen-bond acceptors (Lipinski definition) is 3. The summed E-state index contributed by atoms with van der Waals surface area (Å²) in [5, 5.41) is 0. The summed E-state index contributed by atoms with van der Waals surface area (Å²) < 4.78 is 30.8. The molecule has 1 aliphatic rings. The van der Waals surface area contributed by atoms with Gasteiger partial charge in [-0.05, 0) is 13.3 Å². The van der Waals surface area contributed by atoms with E-state index in [-0.39, 0.29) is 19.4 Å². The number of carbonyl (C=O) groups excluding carboxylic acids is 2. The van der Waals surface area contributed by atoms with Crippen molar-refractivity contribution >= 4 is 12.3 Å². The van der Waals surface area contributed by atoms with E-state index in [1.807, 2.05) is 0 Å². The summed E-state index contributed by atoms with van der Waals surface area (Å²) in [7, 11) is 0. The van der Waals surface area contributed by atoms with Crippen LogP contribution in [0.15, 0.2) is 0 Å². The van der Waals surface area contributed by atoms with Gasteiger partial charge in [-0.15, -0.1) is 0 Å². The molecule has 0 saturated heterocycles. The van der Waals surface area contributed by atoms with Crippen LogP contribution in [0.1, 0.15) is 26.2 Å². The highest BCUT2D eigenvalue weighted by molar-refractivity contribution is 5.77. The number of aldehydes is 1. The lowest BCUT2D eigenvalue weighted by molar-refractivity contribution is -0.160. The largest absolute Gasteiger partial charge is 0.466 e. The van der Waals surface area contributed by atoms with Crippen LogP contribution in [0.25, 0.3) is 0 Å². The van der Waals surface area contributed by atoms with Gasteiger partial charge in [0, 0.05) is 18.8 Å². The van der Waals surface area contributed by atoms with Gasteiger partial charge in [0.25, 0.3) is 0 Å². The van der Waals surface area contributed by atoms with Crippen molar-refractivity contribution in [3.05, 3.63) is 0 Å². The van der Waals surface area contributed by atoms with Gasteiger partial charge in [-0.25, -0.2) is 8.78 Å². The molecule has 0 heterocycles. The van der Waals surface area contributed by atoms with Crippen LogP contribution < -0.4 is 0 Å². The van der Waals surface area contributed by atoms with Gasteiger partial charge in [-0.2, -0.15) is 0 Å². The molecule has 0 radical (unpaired) electrons. The van der Waals surface area contributed by atoms with Crippen molar-refractivity contribution in [3.63, 3.8) is 0 Å². The zero-order valence-corrected chi connectivity index (χ0v) is 8.54. The van der Waals surface area contributed by atoms with Crippen LogP contribution in [0.3, 0.4) is 0 Å². The Bertz CT molecular complexity index is 253. The van der Waals surface area contributed by atoms with Gasteiger partial charge in [0.1, 0.15) is 6.29 Å². The number of halogens is 2. The smallest absolute Gasteiger partial charge is 0.309 e. The van der Waals surface area contributed by atoms with Crippen molar-refractivity contribution in [3.8, 4) is 0 Å². The fourth-order valence-electron chi connectivity index (χ4n) is 1.82. The second-order valence-corrected chi connectivity index (χ2v) is 3.76. The van der Waals surface area contributed by atoms with Crippen molar-refractivity contribution in [1.82, 2.24) is 0 Å². The summed E-state index contributed by atoms with van der Waals surface area (Å²) in [4.78, 5) is 22.0. The Balaban J connectivity index is 2.71. The molecule has 0 spiro atoms. The van der Waals surface area contributed by atoms with E-state index in [9.17, 15) is 18.4 Å². The fraction of sp³-hybridized carbons (Fsp3) is 0.800. The maximum Gasteiger partial charge on any atom is 0.309 e. The number of alkyl halides is 2. The summed E-state index contributed by atoms with van der Waals surface area (Å²) >= 11 is 0. The van der Waals surface area contributed by atoms with Gasteiger partial charge >= 0.3 is 5.97 Å². The average molecular weight is 220 g/mol. The molecule has 3 nitrogen and oxygen atoms in total. The van der Waals surface area contributed by atoms with Crippen LogP contribution in [-0.4, -0.2) is 24.8 Å². The highest BCUT2D eigenvalue weighted by atomic mass is 19.3. The first-order chi connectivity index (χ1) is 7.00. The molecular weight excluding hydrogens is 206 g/mol. The van der Waals surface area contributed by atoms with E-state index in [0.717, 1.165) is 0 Å². The van der Waals surface area contributed by atoms with E-state index in [2.05, 4.69) is 4.74 Å². The Labute approximate surface area is 86.8 Å². The highest BCUT2D eigenvalue weighted by Crippen LogP contribution is 2.39. The molecule has 1 fully saturated rings.